The molecule has 2 aromatic heterocycles. The molecule has 4 rings (SSSR count). The maximum atomic E-state index is 11.7. The SMILES string of the molecule is Cc1ccc(-c2c3c(nc4sc(C(N)=O)c(N)c24)CCCC3)cc1.Cl. The van der Waals surface area contributed by atoms with Gasteiger partial charge >= 0.3 is 0 Å². The Morgan fingerprint density at radius 3 is 2.52 bits per heavy atom. The molecule has 0 bridgehead atoms. The molecule has 25 heavy (non-hydrogen) atoms. The number of pyridine rings is 1. The third-order valence-corrected chi connectivity index (χ3v) is 5.83. The smallest absolute Gasteiger partial charge is 0.260 e. The van der Waals surface area contributed by atoms with Crippen LogP contribution in [0, 0.1) is 6.92 Å². The van der Waals surface area contributed by atoms with Gasteiger partial charge in [-0.05, 0) is 49.3 Å². The van der Waals surface area contributed by atoms with Crippen molar-refractivity contribution in [2.45, 2.75) is 32.6 Å². The summed E-state index contributed by atoms with van der Waals surface area (Å²) in [6.07, 6.45) is 4.30. The Bertz CT molecular complexity index is 963. The zero-order valence-electron chi connectivity index (χ0n) is 14.0. The largest absolute Gasteiger partial charge is 0.397 e. The van der Waals surface area contributed by atoms with Crippen LogP contribution < -0.4 is 11.5 Å². The molecular formula is C19H20ClN3OS. The highest BCUT2D eigenvalue weighted by Crippen LogP contribution is 2.43. The fraction of sp³-hybridized carbons (Fsp3) is 0.263. The normalized spacial score (nSPS) is 13.3. The molecule has 0 spiro atoms. The lowest BCUT2D eigenvalue weighted by Gasteiger charge is -2.20. The summed E-state index contributed by atoms with van der Waals surface area (Å²) in [4.78, 5) is 17.8. The minimum Gasteiger partial charge on any atom is -0.397 e. The first-order valence-electron chi connectivity index (χ1n) is 8.17. The number of halogens is 1. The van der Waals surface area contributed by atoms with Crippen LogP contribution in [-0.2, 0) is 12.8 Å². The number of primary amides is 1. The van der Waals surface area contributed by atoms with E-state index in [2.05, 4.69) is 31.2 Å². The summed E-state index contributed by atoms with van der Waals surface area (Å²) in [6.45, 7) is 2.07. The van der Waals surface area contributed by atoms with Crippen LogP contribution in [0.3, 0.4) is 0 Å². The van der Waals surface area contributed by atoms with Crippen LogP contribution in [0.1, 0.15) is 39.3 Å². The molecular weight excluding hydrogens is 354 g/mol. The highest BCUT2D eigenvalue weighted by Gasteiger charge is 2.24. The molecule has 0 fully saturated rings. The Hall–Kier alpha value is -2.11. The lowest BCUT2D eigenvalue weighted by Crippen LogP contribution is -2.11. The van der Waals surface area contributed by atoms with Gasteiger partial charge in [0.25, 0.3) is 5.91 Å². The van der Waals surface area contributed by atoms with Gasteiger partial charge in [0, 0.05) is 11.1 Å². The van der Waals surface area contributed by atoms with Crippen molar-refractivity contribution in [2.24, 2.45) is 5.73 Å². The van der Waals surface area contributed by atoms with Crippen LogP contribution in [0.2, 0.25) is 0 Å². The molecule has 4 nitrogen and oxygen atoms in total. The number of hydrogen-bond acceptors (Lipinski definition) is 4. The molecule has 1 aliphatic rings. The van der Waals surface area contributed by atoms with E-state index in [1.165, 1.54) is 22.5 Å². The summed E-state index contributed by atoms with van der Waals surface area (Å²) in [5.41, 5.74) is 18.2. The van der Waals surface area contributed by atoms with E-state index in [0.717, 1.165) is 52.7 Å². The van der Waals surface area contributed by atoms with Gasteiger partial charge in [-0.2, -0.15) is 0 Å². The van der Waals surface area contributed by atoms with Crippen LogP contribution in [0.25, 0.3) is 21.3 Å². The van der Waals surface area contributed by atoms with Crippen molar-refractivity contribution >= 4 is 45.6 Å². The molecule has 0 radical (unpaired) electrons. The number of fused-ring (bicyclic) bond motifs is 2. The third-order valence-electron chi connectivity index (χ3n) is 4.72. The number of nitrogens with two attached hydrogens (primary N) is 2. The van der Waals surface area contributed by atoms with Gasteiger partial charge in [0.05, 0.1) is 5.69 Å². The van der Waals surface area contributed by atoms with Crippen LogP contribution in [0.15, 0.2) is 24.3 Å². The fourth-order valence-corrected chi connectivity index (χ4v) is 4.50. The van der Waals surface area contributed by atoms with Crippen LogP contribution >= 0.6 is 23.7 Å². The van der Waals surface area contributed by atoms with E-state index >= 15 is 0 Å². The molecule has 2 heterocycles. The maximum Gasteiger partial charge on any atom is 0.260 e. The van der Waals surface area contributed by atoms with Crippen molar-refractivity contribution in [3.05, 3.63) is 46.0 Å². The van der Waals surface area contributed by atoms with Gasteiger partial charge in [0.2, 0.25) is 0 Å². The molecule has 0 unspecified atom stereocenters. The van der Waals surface area contributed by atoms with E-state index in [-0.39, 0.29) is 12.4 Å². The zero-order chi connectivity index (χ0) is 16.8. The number of aryl methyl sites for hydroxylation is 2. The molecule has 0 atom stereocenters. The number of aromatic nitrogens is 1. The van der Waals surface area contributed by atoms with Crippen molar-refractivity contribution in [3.63, 3.8) is 0 Å². The van der Waals surface area contributed by atoms with Gasteiger partial charge in [-0.1, -0.05) is 29.8 Å². The predicted octanol–water partition coefficient (Wildman–Crippen LogP) is 4.25. The number of rotatable bonds is 2. The molecule has 0 aliphatic heterocycles. The van der Waals surface area contributed by atoms with E-state index in [1.54, 1.807) is 0 Å². The number of amides is 1. The minimum absolute atomic E-state index is 0. The minimum atomic E-state index is -0.483. The van der Waals surface area contributed by atoms with Crippen molar-refractivity contribution in [1.82, 2.24) is 4.98 Å². The van der Waals surface area contributed by atoms with Crippen molar-refractivity contribution in [1.29, 1.82) is 0 Å². The molecule has 1 aromatic carbocycles. The summed E-state index contributed by atoms with van der Waals surface area (Å²) >= 11 is 1.31. The molecule has 4 N–H and O–H groups in total. The van der Waals surface area contributed by atoms with E-state index in [0.29, 0.717) is 10.6 Å². The highest BCUT2D eigenvalue weighted by atomic mass is 35.5. The van der Waals surface area contributed by atoms with E-state index < -0.39 is 5.91 Å². The van der Waals surface area contributed by atoms with E-state index in [9.17, 15) is 4.79 Å². The summed E-state index contributed by atoms with van der Waals surface area (Å²) in [5.74, 6) is -0.483. The molecule has 130 valence electrons. The van der Waals surface area contributed by atoms with Crippen molar-refractivity contribution < 1.29 is 4.79 Å². The Morgan fingerprint density at radius 2 is 1.84 bits per heavy atom. The lowest BCUT2D eigenvalue weighted by molar-refractivity contribution is 0.100. The standard InChI is InChI=1S/C19H19N3OS.ClH/c1-10-6-8-11(9-7-10)14-12-4-2-3-5-13(12)22-19-15(14)16(20)17(24-19)18(21)23;/h6-9H,2-5,20H2,1H3,(H2,21,23);1H. The van der Waals surface area contributed by atoms with Crippen LogP contribution in [0.5, 0.6) is 0 Å². The van der Waals surface area contributed by atoms with E-state index in [4.69, 9.17) is 16.5 Å². The summed E-state index contributed by atoms with van der Waals surface area (Å²) < 4.78 is 0. The molecule has 0 saturated heterocycles. The lowest BCUT2D eigenvalue weighted by atomic mass is 9.87. The maximum absolute atomic E-state index is 11.7. The first kappa shape index (κ1) is 17.7. The van der Waals surface area contributed by atoms with Gasteiger partial charge in [-0.25, -0.2) is 4.98 Å². The quantitative estimate of drug-likeness (QED) is 0.704. The first-order valence-corrected chi connectivity index (χ1v) is 8.98. The van der Waals surface area contributed by atoms with Gasteiger partial charge < -0.3 is 11.5 Å². The first-order chi connectivity index (χ1) is 11.6. The summed E-state index contributed by atoms with van der Waals surface area (Å²) in [7, 11) is 0. The monoisotopic (exact) mass is 373 g/mol. The topological polar surface area (TPSA) is 82.0 Å². The molecule has 6 heteroatoms. The number of nitrogen functional groups attached to an aromatic ring is 1. The third kappa shape index (κ3) is 2.87. The van der Waals surface area contributed by atoms with Crippen LogP contribution in [0.4, 0.5) is 5.69 Å². The molecule has 3 aromatic rings. The fourth-order valence-electron chi connectivity index (χ4n) is 3.53. The van der Waals surface area contributed by atoms with Gasteiger partial charge in [-0.3, -0.25) is 4.79 Å². The number of carbonyl (C=O) groups excluding carboxylic acids is 1. The summed E-state index contributed by atoms with van der Waals surface area (Å²) in [5, 5.41) is 0.887. The number of anilines is 1. The van der Waals surface area contributed by atoms with E-state index in [1.807, 2.05) is 0 Å². The summed E-state index contributed by atoms with van der Waals surface area (Å²) in [6, 6.07) is 8.46. The van der Waals surface area contributed by atoms with Crippen LogP contribution in [-0.4, -0.2) is 10.9 Å². The average Bonchev–Trinajstić information content (AvgIpc) is 2.90. The van der Waals surface area contributed by atoms with Crippen molar-refractivity contribution in [3.8, 4) is 11.1 Å². The Labute approximate surface area is 156 Å². The molecule has 0 saturated carbocycles. The number of benzene rings is 1. The predicted molar refractivity (Wildman–Crippen MR) is 107 cm³/mol. The number of hydrogen-bond donors (Lipinski definition) is 2. The second kappa shape index (κ2) is 6.65. The van der Waals surface area contributed by atoms with Gasteiger partial charge in [-0.15, -0.1) is 23.7 Å². The molecule has 1 amide bonds. The van der Waals surface area contributed by atoms with Gasteiger partial charge in [0.1, 0.15) is 9.71 Å². The zero-order valence-corrected chi connectivity index (χ0v) is 15.6. The van der Waals surface area contributed by atoms with Crippen molar-refractivity contribution in [2.75, 3.05) is 5.73 Å². The average molecular weight is 374 g/mol. The van der Waals surface area contributed by atoms with Gasteiger partial charge in [0.15, 0.2) is 0 Å². The molecule has 1 aliphatic carbocycles. The number of thiophene rings is 1. The highest BCUT2D eigenvalue weighted by molar-refractivity contribution is 7.21. The second-order valence-electron chi connectivity index (χ2n) is 6.37. The number of nitrogens with zero attached hydrogens (tertiary/aromatic N) is 1. The number of carbonyl (C=O) groups is 1. The Morgan fingerprint density at radius 1 is 1.16 bits per heavy atom. The Kier molecular flexibility index (Phi) is 4.71. The Balaban J connectivity index is 0.00000182. The second-order valence-corrected chi connectivity index (χ2v) is 7.37.